The molecule has 0 fully saturated rings. The first kappa shape index (κ1) is 18.9. The van der Waals surface area contributed by atoms with Gasteiger partial charge in [-0.1, -0.05) is 34.9 Å². The van der Waals surface area contributed by atoms with E-state index in [0.29, 0.717) is 46.1 Å². The lowest BCUT2D eigenvalue weighted by atomic mass is 9.95. The van der Waals surface area contributed by atoms with Crippen molar-refractivity contribution in [2.24, 2.45) is 10.3 Å². The van der Waals surface area contributed by atoms with E-state index < -0.39 is 5.82 Å². The third-order valence-electron chi connectivity index (χ3n) is 3.76. The highest BCUT2D eigenvalue weighted by Gasteiger charge is 2.18. The number of halogens is 2. The van der Waals surface area contributed by atoms with Crippen molar-refractivity contribution >= 4 is 17.3 Å². The minimum Gasteiger partial charge on any atom is -0.392 e. The van der Waals surface area contributed by atoms with E-state index in [0.717, 1.165) is 0 Å². The van der Waals surface area contributed by atoms with Gasteiger partial charge in [0.2, 0.25) is 0 Å². The molecule has 2 aromatic rings. The van der Waals surface area contributed by atoms with Gasteiger partial charge in [-0.3, -0.25) is 5.01 Å². The molecule has 0 unspecified atom stereocenters. The lowest BCUT2D eigenvalue weighted by molar-refractivity contribution is 0.282. The summed E-state index contributed by atoms with van der Waals surface area (Å²) in [5.74, 6) is 2.12. The molecule has 2 rings (SSSR count). The van der Waals surface area contributed by atoms with Crippen molar-refractivity contribution in [3.63, 3.8) is 0 Å². The van der Waals surface area contributed by atoms with E-state index in [1.54, 1.807) is 23.2 Å². The van der Waals surface area contributed by atoms with Crippen molar-refractivity contribution in [1.29, 1.82) is 0 Å². The van der Waals surface area contributed by atoms with Crippen LogP contribution in [0.5, 0.6) is 0 Å². The second kappa shape index (κ2) is 8.61. The van der Waals surface area contributed by atoms with Crippen molar-refractivity contribution < 1.29 is 9.50 Å². The second-order valence-electron chi connectivity index (χ2n) is 5.26. The topological polar surface area (TPSA) is 48.2 Å². The lowest BCUT2D eigenvalue weighted by Crippen LogP contribution is -2.14. The summed E-state index contributed by atoms with van der Waals surface area (Å²) >= 11 is 6.24. The molecule has 6 heteroatoms. The Morgan fingerprint density at radius 1 is 1.28 bits per heavy atom. The third kappa shape index (κ3) is 4.16. The normalized spacial score (nSPS) is 10.9. The number of aliphatic hydroxyl groups excluding tert-OH is 1. The van der Waals surface area contributed by atoms with Gasteiger partial charge in [0.1, 0.15) is 11.5 Å². The Labute approximate surface area is 151 Å². The Hall–Kier alpha value is -2.42. The molecule has 25 heavy (non-hydrogen) atoms. The fraction of sp³-hybridized carbons (Fsp3) is 0.263. The van der Waals surface area contributed by atoms with Gasteiger partial charge in [-0.2, -0.15) is 0 Å². The number of benzene rings is 2. The smallest absolute Gasteiger partial charge is 0.123 e. The average molecular weight is 360 g/mol. The van der Waals surface area contributed by atoms with E-state index in [-0.39, 0.29) is 6.61 Å². The zero-order valence-electron chi connectivity index (χ0n) is 14.1. The predicted molar refractivity (Wildman–Crippen MR) is 98.1 cm³/mol. The Morgan fingerprint density at radius 2 is 2.00 bits per heavy atom. The van der Waals surface area contributed by atoms with Gasteiger partial charge in [0, 0.05) is 18.7 Å². The minimum absolute atomic E-state index is 0.287. The van der Waals surface area contributed by atoms with Gasteiger partial charge >= 0.3 is 0 Å². The molecule has 0 radical (unpaired) electrons. The summed E-state index contributed by atoms with van der Waals surface area (Å²) in [6.45, 7) is 4.97. The summed E-state index contributed by atoms with van der Waals surface area (Å²) in [5, 5.41) is 20.3. The van der Waals surface area contributed by atoms with Crippen LogP contribution in [0.3, 0.4) is 0 Å². The summed E-state index contributed by atoms with van der Waals surface area (Å²) in [7, 11) is 0. The summed E-state index contributed by atoms with van der Waals surface area (Å²) in [5.41, 5.74) is 2.27. The van der Waals surface area contributed by atoms with E-state index in [1.807, 2.05) is 13.8 Å². The van der Waals surface area contributed by atoms with Crippen LogP contribution in [0, 0.1) is 18.2 Å². The quantitative estimate of drug-likeness (QED) is 0.450. The fourth-order valence-corrected chi connectivity index (χ4v) is 2.75. The molecule has 0 saturated carbocycles. The van der Waals surface area contributed by atoms with Crippen molar-refractivity contribution in [3.8, 4) is 23.5 Å². The first-order valence-electron chi connectivity index (χ1n) is 7.91. The first-order chi connectivity index (χ1) is 12.0. The van der Waals surface area contributed by atoms with Crippen LogP contribution in [0.1, 0.15) is 25.0 Å². The molecule has 130 valence electrons. The maximum Gasteiger partial charge on any atom is 0.123 e. The van der Waals surface area contributed by atoms with E-state index in [9.17, 15) is 9.50 Å². The van der Waals surface area contributed by atoms with Gasteiger partial charge in [-0.25, -0.2) is 4.39 Å². The molecule has 0 aromatic heterocycles. The average Bonchev–Trinajstić information content (AvgIpc) is 2.62. The van der Waals surface area contributed by atoms with Crippen LogP contribution in [-0.2, 0) is 6.61 Å². The predicted octanol–water partition coefficient (Wildman–Crippen LogP) is 4.96. The summed E-state index contributed by atoms with van der Waals surface area (Å²) in [4.78, 5) is 0. The molecular weight excluding hydrogens is 341 g/mol. The first-order valence-corrected chi connectivity index (χ1v) is 8.28. The van der Waals surface area contributed by atoms with Crippen LogP contribution >= 0.6 is 11.6 Å². The molecule has 0 heterocycles. The minimum atomic E-state index is -0.398. The number of hydrogen-bond donors (Lipinski definition) is 1. The Morgan fingerprint density at radius 3 is 2.56 bits per heavy atom. The van der Waals surface area contributed by atoms with Crippen LogP contribution in [0.4, 0.5) is 10.1 Å². The maximum atomic E-state index is 13.7. The fourth-order valence-electron chi connectivity index (χ4n) is 2.47. The number of rotatable bonds is 6. The molecule has 0 saturated heterocycles. The summed E-state index contributed by atoms with van der Waals surface area (Å²) in [6.07, 6.45) is 5.60. The Bertz CT molecular complexity index is 826. The maximum absolute atomic E-state index is 13.7. The molecule has 0 atom stereocenters. The van der Waals surface area contributed by atoms with Gasteiger partial charge < -0.3 is 5.11 Å². The largest absolute Gasteiger partial charge is 0.392 e. The second-order valence-corrected chi connectivity index (χ2v) is 5.66. The van der Waals surface area contributed by atoms with Crippen molar-refractivity contribution in [1.82, 2.24) is 5.01 Å². The molecule has 0 aliphatic rings. The van der Waals surface area contributed by atoms with Gasteiger partial charge in [0.05, 0.1) is 17.2 Å². The molecule has 2 aromatic carbocycles. The Kier molecular flexibility index (Phi) is 6.51. The number of terminal acetylenes is 1. The van der Waals surface area contributed by atoms with Crippen LogP contribution in [-0.4, -0.2) is 23.2 Å². The lowest BCUT2D eigenvalue weighted by Gasteiger charge is -2.16. The van der Waals surface area contributed by atoms with Crippen LogP contribution in [0.15, 0.2) is 40.7 Å². The standard InChI is InChI=1S/C19H19ClFN3O/c1-4-16-17(20)11-14(12-25)18(13-8-7-9-15(21)10-13)19(16)22-23-24(5-2)6-3/h1,7-11,25H,5-6,12H2,2-3H3/b23-22+. The Balaban J connectivity index is 2.77. The number of aliphatic hydroxyl groups is 1. The van der Waals surface area contributed by atoms with E-state index in [4.69, 9.17) is 18.0 Å². The number of nitrogens with zero attached hydrogens (tertiary/aromatic N) is 3. The van der Waals surface area contributed by atoms with E-state index in [2.05, 4.69) is 16.3 Å². The molecule has 0 aliphatic carbocycles. The van der Waals surface area contributed by atoms with Crippen molar-refractivity contribution in [2.45, 2.75) is 20.5 Å². The zero-order chi connectivity index (χ0) is 18.4. The zero-order valence-corrected chi connectivity index (χ0v) is 14.9. The summed E-state index contributed by atoms with van der Waals surface area (Å²) in [6, 6.07) is 7.59. The SMILES string of the molecule is C#Cc1c(Cl)cc(CO)c(-c2cccc(F)c2)c1/N=N/N(CC)CC. The van der Waals surface area contributed by atoms with Crippen LogP contribution < -0.4 is 0 Å². The molecule has 0 amide bonds. The monoisotopic (exact) mass is 359 g/mol. The van der Waals surface area contributed by atoms with Crippen molar-refractivity contribution in [3.05, 3.63) is 52.3 Å². The highest BCUT2D eigenvalue weighted by atomic mass is 35.5. The van der Waals surface area contributed by atoms with Crippen LogP contribution in [0.25, 0.3) is 11.1 Å². The van der Waals surface area contributed by atoms with Crippen LogP contribution in [0.2, 0.25) is 5.02 Å². The van der Waals surface area contributed by atoms with E-state index >= 15 is 0 Å². The van der Waals surface area contributed by atoms with Gasteiger partial charge in [0.15, 0.2) is 0 Å². The van der Waals surface area contributed by atoms with Gasteiger partial charge in [-0.15, -0.1) is 11.5 Å². The molecular formula is C19H19ClFN3O. The third-order valence-corrected chi connectivity index (χ3v) is 4.06. The van der Waals surface area contributed by atoms with Gasteiger partial charge in [0.25, 0.3) is 0 Å². The number of hydrogen-bond acceptors (Lipinski definition) is 3. The molecule has 1 N–H and O–H groups in total. The summed E-state index contributed by atoms with van der Waals surface area (Å²) < 4.78 is 13.7. The highest BCUT2D eigenvalue weighted by molar-refractivity contribution is 6.32. The van der Waals surface area contributed by atoms with Gasteiger partial charge in [-0.05, 0) is 43.2 Å². The molecule has 0 spiro atoms. The highest BCUT2D eigenvalue weighted by Crippen LogP contribution is 2.40. The molecule has 0 aliphatic heterocycles. The van der Waals surface area contributed by atoms with E-state index in [1.165, 1.54) is 12.1 Å². The van der Waals surface area contributed by atoms with Crippen molar-refractivity contribution in [2.75, 3.05) is 13.1 Å². The molecule has 0 bridgehead atoms. The molecule has 4 nitrogen and oxygen atoms in total.